The van der Waals surface area contributed by atoms with Crippen molar-refractivity contribution >= 4 is 29.5 Å². The molecule has 2 aromatic rings. The largest absolute Gasteiger partial charge is 0.339 e. The fourth-order valence-corrected chi connectivity index (χ4v) is 1.82. The second-order valence-corrected chi connectivity index (χ2v) is 4.86. The van der Waals surface area contributed by atoms with Gasteiger partial charge < -0.3 is 5.32 Å². The average Bonchev–Trinajstić information content (AvgIpc) is 2.50. The molecule has 0 bridgehead atoms. The first kappa shape index (κ1) is 15.1. The van der Waals surface area contributed by atoms with E-state index in [0.29, 0.717) is 5.02 Å². The lowest BCUT2D eigenvalue weighted by Gasteiger charge is -2.04. The summed E-state index contributed by atoms with van der Waals surface area (Å²) in [6.45, 7) is 2.08. The van der Waals surface area contributed by atoms with Crippen LogP contribution in [0.4, 0.5) is 10.5 Å². The second-order valence-electron chi connectivity index (χ2n) is 4.43. The fourth-order valence-electron chi connectivity index (χ4n) is 1.70. The number of aryl methyl sites for hydroxylation is 1. The zero-order valence-corrected chi connectivity index (χ0v) is 12.4. The van der Waals surface area contributed by atoms with Crippen molar-refractivity contribution in [1.29, 1.82) is 0 Å². The fraction of sp³-hybridized carbons (Fsp3) is 0.125. The van der Waals surface area contributed by atoms with Gasteiger partial charge >= 0.3 is 6.03 Å². The van der Waals surface area contributed by atoms with Crippen LogP contribution in [0, 0.1) is 0 Å². The normalized spacial score (nSPS) is 10.6. The number of hydrazone groups is 1. The molecule has 0 spiro atoms. The summed E-state index contributed by atoms with van der Waals surface area (Å²) >= 11 is 5.78. The number of amides is 2. The van der Waals surface area contributed by atoms with Gasteiger partial charge in [-0.2, -0.15) is 5.10 Å². The predicted molar refractivity (Wildman–Crippen MR) is 87.0 cm³/mol. The molecule has 0 aromatic heterocycles. The molecule has 0 saturated heterocycles. The standard InChI is InChI=1S/C16H16ClN3O/c1-2-12-5-9-15(10-6-12)19-16(21)20-18-11-13-3-7-14(17)8-4-13/h3-11H,2H2,1H3,(H2,19,20,21). The van der Waals surface area contributed by atoms with Gasteiger partial charge in [-0.05, 0) is 41.8 Å². The number of carbonyl (C=O) groups excluding carboxylic acids is 1. The van der Waals surface area contributed by atoms with Crippen LogP contribution in [0.5, 0.6) is 0 Å². The number of anilines is 1. The van der Waals surface area contributed by atoms with Gasteiger partial charge in [-0.15, -0.1) is 0 Å². The molecule has 0 aliphatic carbocycles. The third-order valence-electron chi connectivity index (χ3n) is 2.87. The molecule has 0 aliphatic heterocycles. The monoisotopic (exact) mass is 301 g/mol. The molecule has 0 heterocycles. The zero-order chi connectivity index (χ0) is 15.1. The molecule has 21 heavy (non-hydrogen) atoms. The lowest BCUT2D eigenvalue weighted by Crippen LogP contribution is -2.24. The lowest BCUT2D eigenvalue weighted by molar-refractivity contribution is 0.252. The van der Waals surface area contributed by atoms with Gasteiger partial charge in [0.05, 0.1) is 6.21 Å². The van der Waals surface area contributed by atoms with Crippen LogP contribution in [0.25, 0.3) is 0 Å². The topological polar surface area (TPSA) is 53.5 Å². The first-order valence-corrected chi connectivity index (χ1v) is 6.99. The number of hydrogen-bond donors (Lipinski definition) is 2. The molecular formula is C16H16ClN3O. The molecule has 0 atom stereocenters. The van der Waals surface area contributed by atoms with E-state index in [4.69, 9.17) is 11.6 Å². The van der Waals surface area contributed by atoms with Crippen LogP contribution in [0.3, 0.4) is 0 Å². The zero-order valence-electron chi connectivity index (χ0n) is 11.6. The van der Waals surface area contributed by atoms with Crippen molar-refractivity contribution in [1.82, 2.24) is 5.43 Å². The average molecular weight is 302 g/mol. The van der Waals surface area contributed by atoms with E-state index in [1.54, 1.807) is 18.3 Å². The smallest absolute Gasteiger partial charge is 0.307 e. The number of carbonyl (C=O) groups is 1. The van der Waals surface area contributed by atoms with Crippen LogP contribution < -0.4 is 10.7 Å². The Balaban J connectivity index is 1.85. The van der Waals surface area contributed by atoms with Gasteiger partial charge in [0.2, 0.25) is 0 Å². The molecule has 2 N–H and O–H groups in total. The minimum absolute atomic E-state index is 0.385. The highest BCUT2D eigenvalue weighted by Crippen LogP contribution is 2.10. The first-order valence-electron chi connectivity index (χ1n) is 6.62. The maximum absolute atomic E-state index is 11.7. The number of nitrogens with zero attached hydrogens (tertiary/aromatic N) is 1. The van der Waals surface area contributed by atoms with E-state index >= 15 is 0 Å². The SMILES string of the molecule is CCc1ccc(NC(=O)NN=Cc2ccc(Cl)cc2)cc1. The summed E-state index contributed by atoms with van der Waals surface area (Å²) in [5.41, 5.74) is 5.21. The van der Waals surface area contributed by atoms with E-state index < -0.39 is 0 Å². The lowest BCUT2D eigenvalue weighted by atomic mass is 10.1. The summed E-state index contributed by atoms with van der Waals surface area (Å²) in [7, 11) is 0. The van der Waals surface area contributed by atoms with Gasteiger partial charge in [-0.25, -0.2) is 10.2 Å². The summed E-state index contributed by atoms with van der Waals surface area (Å²) in [5, 5.41) is 7.24. The minimum Gasteiger partial charge on any atom is -0.307 e. The molecule has 2 aromatic carbocycles. The molecule has 2 rings (SSSR count). The van der Waals surface area contributed by atoms with Crippen LogP contribution in [-0.2, 0) is 6.42 Å². The van der Waals surface area contributed by atoms with Crippen LogP contribution in [0.15, 0.2) is 53.6 Å². The molecule has 108 valence electrons. The molecule has 4 nitrogen and oxygen atoms in total. The number of nitrogens with one attached hydrogen (secondary N) is 2. The quantitative estimate of drug-likeness (QED) is 0.649. The van der Waals surface area contributed by atoms with Crippen molar-refractivity contribution < 1.29 is 4.79 Å². The first-order chi connectivity index (χ1) is 10.2. The maximum atomic E-state index is 11.7. The van der Waals surface area contributed by atoms with E-state index in [0.717, 1.165) is 17.7 Å². The highest BCUT2D eigenvalue weighted by Gasteiger charge is 1.99. The van der Waals surface area contributed by atoms with Crippen molar-refractivity contribution in [3.05, 3.63) is 64.7 Å². The summed E-state index contributed by atoms with van der Waals surface area (Å²) in [6, 6.07) is 14.5. The van der Waals surface area contributed by atoms with Crippen LogP contribution in [0.2, 0.25) is 5.02 Å². The highest BCUT2D eigenvalue weighted by atomic mass is 35.5. The van der Waals surface area contributed by atoms with Gasteiger partial charge in [-0.3, -0.25) is 0 Å². The van der Waals surface area contributed by atoms with Gasteiger partial charge in [0.1, 0.15) is 0 Å². The van der Waals surface area contributed by atoms with Crippen molar-refractivity contribution in [2.75, 3.05) is 5.32 Å². The summed E-state index contributed by atoms with van der Waals surface area (Å²) in [5.74, 6) is 0. The van der Waals surface area contributed by atoms with Gasteiger partial charge in [0, 0.05) is 10.7 Å². The van der Waals surface area contributed by atoms with Crippen LogP contribution in [0.1, 0.15) is 18.1 Å². The Morgan fingerprint density at radius 3 is 2.43 bits per heavy atom. The van der Waals surface area contributed by atoms with Crippen molar-refractivity contribution in [3.63, 3.8) is 0 Å². The molecule has 0 aliphatic rings. The Morgan fingerprint density at radius 1 is 1.14 bits per heavy atom. The van der Waals surface area contributed by atoms with E-state index in [9.17, 15) is 4.79 Å². The molecular weight excluding hydrogens is 286 g/mol. The number of hydrogen-bond acceptors (Lipinski definition) is 2. The third kappa shape index (κ3) is 4.93. The summed E-state index contributed by atoms with van der Waals surface area (Å²) in [6.07, 6.45) is 2.52. The Bertz CT molecular complexity index is 621. The van der Waals surface area contributed by atoms with Crippen molar-refractivity contribution in [2.45, 2.75) is 13.3 Å². The van der Waals surface area contributed by atoms with Gasteiger partial charge in [0.25, 0.3) is 0 Å². The third-order valence-corrected chi connectivity index (χ3v) is 3.12. The predicted octanol–water partition coefficient (Wildman–Crippen LogP) is 4.06. The molecule has 0 fully saturated rings. The van der Waals surface area contributed by atoms with E-state index in [-0.39, 0.29) is 6.03 Å². The molecule has 5 heteroatoms. The molecule has 2 amide bonds. The number of urea groups is 1. The van der Waals surface area contributed by atoms with Crippen LogP contribution >= 0.6 is 11.6 Å². The van der Waals surface area contributed by atoms with Crippen molar-refractivity contribution in [2.24, 2.45) is 5.10 Å². The Labute approximate surface area is 128 Å². The Kier molecular flexibility index (Phi) is 5.35. The van der Waals surface area contributed by atoms with Gasteiger partial charge in [0.15, 0.2) is 0 Å². The maximum Gasteiger partial charge on any atom is 0.339 e. The number of rotatable bonds is 4. The number of benzene rings is 2. The number of halogens is 1. The molecule has 0 radical (unpaired) electrons. The Morgan fingerprint density at radius 2 is 1.81 bits per heavy atom. The summed E-state index contributed by atoms with van der Waals surface area (Å²) < 4.78 is 0. The minimum atomic E-state index is -0.385. The second kappa shape index (κ2) is 7.45. The van der Waals surface area contributed by atoms with Crippen LogP contribution in [-0.4, -0.2) is 12.2 Å². The van der Waals surface area contributed by atoms with E-state index in [1.807, 2.05) is 36.4 Å². The molecule has 0 unspecified atom stereocenters. The Hall–Kier alpha value is -2.33. The highest BCUT2D eigenvalue weighted by molar-refractivity contribution is 6.30. The van der Waals surface area contributed by atoms with E-state index in [2.05, 4.69) is 22.8 Å². The van der Waals surface area contributed by atoms with E-state index in [1.165, 1.54) is 5.56 Å². The van der Waals surface area contributed by atoms with Crippen molar-refractivity contribution in [3.8, 4) is 0 Å². The molecule has 0 saturated carbocycles. The van der Waals surface area contributed by atoms with Gasteiger partial charge in [-0.1, -0.05) is 42.8 Å². The summed E-state index contributed by atoms with van der Waals surface area (Å²) in [4.78, 5) is 11.7.